The van der Waals surface area contributed by atoms with Crippen molar-refractivity contribution in [1.82, 2.24) is 9.27 Å². The minimum absolute atomic E-state index is 0.145. The number of hydrogen-bond donors (Lipinski definition) is 1. The van der Waals surface area contributed by atoms with Gasteiger partial charge in [-0.2, -0.15) is 4.37 Å². The van der Waals surface area contributed by atoms with Gasteiger partial charge in [-0.15, -0.1) is 0 Å². The summed E-state index contributed by atoms with van der Waals surface area (Å²) in [4.78, 5) is 6.26. The minimum Gasteiger partial charge on any atom is -0.369 e. The Morgan fingerprint density at radius 2 is 1.92 bits per heavy atom. The zero-order chi connectivity index (χ0) is 18.0. The van der Waals surface area contributed by atoms with Crippen molar-refractivity contribution in [2.75, 3.05) is 18.8 Å². The number of sulfonamides is 1. The molecule has 0 radical (unpaired) electrons. The molecule has 0 amide bonds. The molecule has 6 nitrogen and oxygen atoms in total. The summed E-state index contributed by atoms with van der Waals surface area (Å²) < 4.78 is 32.8. The van der Waals surface area contributed by atoms with Crippen LogP contribution in [-0.4, -0.2) is 38.1 Å². The Kier molecular flexibility index (Phi) is 4.94. The molecule has 0 aliphatic heterocycles. The molecule has 0 bridgehead atoms. The number of nitrogens with one attached hydrogen (secondary N) is 1. The molecule has 0 atom stereocenters. The van der Waals surface area contributed by atoms with Crippen LogP contribution in [0.15, 0.2) is 52.4 Å². The van der Waals surface area contributed by atoms with Gasteiger partial charge in [0.2, 0.25) is 0 Å². The molecule has 0 unspecified atom stereocenters. The number of aliphatic imine (C=N–C) groups is 1. The Morgan fingerprint density at radius 1 is 1.20 bits per heavy atom. The Labute approximate surface area is 155 Å². The molecule has 0 spiro atoms. The minimum atomic E-state index is -3.69. The van der Waals surface area contributed by atoms with Crippen LogP contribution in [0.3, 0.4) is 0 Å². The van der Waals surface area contributed by atoms with Crippen molar-refractivity contribution in [2.24, 2.45) is 4.99 Å². The van der Waals surface area contributed by atoms with Gasteiger partial charge in [0.05, 0.1) is 15.9 Å². The molecule has 1 N–H and O–H groups in total. The lowest BCUT2D eigenvalue weighted by atomic mass is 10.2. The van der Waals surface area contributed by atoms with E-state index in [-0.39, 0.29) is 4.90 Å². The maximum Gasteiger partial charge on any atom is 0.261 e. The summed E-state index contributed by atoms with van der Waals surface area (Å²) in [5, 5.41) is 1.27. The number of aromatic nitrogens is 1. The summed E-state index contributed by atoms with van der Waals surface area (Å²) in [5.41, 5.74) is 0.448. The highest BCUT2D eigenvalue weighted by molar-refractivity contribution is 7.92. The van der Waals surface area contributed by atoms with Crippen molar-refractivity contribution >= 4 is 61.1 Å². The highest BCUT2D eigenvalue weighted by atomic mass is 35.5. The third kappa shape index (κ3) is 4.09. The summed E-state index contributed by atoms with van der Waals surface area (Å²) >= 11 is 7.12. The number of benzene rings is 2. The first-order valence-electron chi connectivity index (χ1n) is 7.23. The normalized spacial score (nSPS) is 12.0. The second-order valence-electron chi connectivity index (χ2n) is 5.48. The van der Waals surface area contributed by atoms with Gasteiger partial charge in [0.15, 0.2) is 5.82 Å². The monoisotopic (exact) mass is 394 g/mol. The van der Waals surface area contributed by atoms with Crippen molar-refractivity contribution in [3.05, 3.63) is 47.5 Å². The Hall–Kier alpha value is -2.16. The lowest BCUT2D eigenvalue weighted by molar-refractivity contribution is 0.601. The van der Waals surface area contributed by atoms with Crippen LogP contribution in [0.2, 0.25) is 5.02 Å². The van der Waals surface area contributed by atoms with Crippen LogP contribution in [0.1, 0.15) is 0 Å². The summed E-state index contributed by atoms with van der Waals surface area (Å²) in [6.45, 7) is 0. The first-order valence-corrected chi connectivity index (χ1v) is 9.87. The molecule has 0 saturated heterocycles. The van der Waals surface area contributed by atoms with Crippen molar-refractivity contribution in [1.29, 1.82) is 0 Å². The standard InChI is InChI=1S/C16H15ClN4O2S2/c1-21(2)10-18-16-14-9-12(5-8-15(14)24-19-16)20-25(22,23)13-6-3-11(17)4-7-13/h3-10,20H,1-2H3. The number of nitrogens with zero attached hydrogens (tertiary/aromatic N) is 3. The summed E-state index contributed by atoms with van der Waals surface area (Å²) in [6.07, 6.45) is 1.65. The maximum atomic E-state index is 12.5. The van der Waals surface area contributed by atoms with E-state index in [4.69, 9.17) is 11.6 Å². The highest BCUT2D eigenvalue weighted by Gasteiger charge is 2.15. The van der Waals surface area contributed by atoms with Gasteiger partial charge < -0.3 is 4.90 Å². The van der Waals surface area contributed by atoms with Gasteiger partial charge in [-0.3, -0.25) is 4.72 Å². The number of hydrogen-bond acceptors (Lipinski definition) is 5. The lowest BCUT2D eigenvalue weighted by Gasteiger charge is -2.08. The zero-order valence-electron chi connectivity index (χ0n) is 13.5. The summed E-state index contributed by atoms with van der Waals surface area (Å²) in [5.74, 6) is 0.557. The molecule has 2 aromatic carbocycles. The van der Waals surface area contributed by atoms with Gasteiger partial charge in [-0.1, -0.05) is 11.6 Å². The number of anilines is 1. The van der Waals surface area contributed by atoms with E-state index in [9.17, 15) is 8.42 Å². The van der Waals surface area contributed by atoms with Gasteiger partial charge in [0.1, 0.15) is 0 Å². The fourth-order valence-corrected chi connectivity index (χ4v) is 3.96. The molecule has 0 fully saturated rings. The van der Waals surface area contributed by atoms with Crippen LogP contribution in [0.4, 0.5) is 11.5 Å². The van der Waals surface area contributed by atoms with Gasteiger partial charge >= 0.3 is 0 Å². The fraction of sp³-hybridized carbons (Fsp3) is 0.125. The Bertz CT molecular complexity index is 1030. The quantitative estimate of drug-likeness (QED) is 0.524. The summed E-state index contributed by atoms with van der Waals surface area (Å²) in [7, 11) is 0.0369. The molecule has 0 saturated carbocycles. The SMILES string of the molecule is CN(C)C=Nc1nsc2ccc(NS(=O)(=O)c3ccc(Cl)cc3)cc12. The first kappa shape index (κ1) is 17.7. The zero-order valence-corrected chi connectivity index (χ0v) is 15.9. The molecular weight excluding hydrogens is 380 g/mol. The number of halogens is 1. The van der Waals surface area contributed by atoms with Gasteiger partial charge in [-0.25, -0.2) is 13.4 Å². The molecular formula is C16H15ClN4O2S2. The van der Waals surface area contributed by atoms with Crippen LogP contribution < -0.4 is 4.72 Å². The molecule has 0 aliphatic carbocycles. The van der Waals surface area contributed by atoms with E-state index in [1.807, 2.05) is 20.2 Å². The predicted molar refractivity (Wildman–Crippen MR) is 104 cm³/mol. The fourth-order valence-electron chi connectivity index (χ4n) is 2.08. The predicted octanol–water partition coefficient (Wildman–Crippen LogP) is 3.97. The Morgan fingerprint density at radius 3 is 2.60 bits per heavy atom. The van der Waals surface area contributed by atoms with E-state index in [1.54, 1.807) is 23.4 Å². The van der Waals surface area contributed by atoms with E-state index in [0.717, 1.165) is 10.1 Å². The molecule has 3 aromatic rings. The van der Waals surface area contributed by atoms with E-state index in [0.29, 0.717) is 16.5 Å². The average molecular weight is 395 g/mol. The second kappa shape index (κ2) is 6.99. The van der Waals surface area contributed by atoms with Gasteiger partial charge in [0.25, 0.3) is 10.0 Å². The van der Waals surface area contributed by atoms with Crippen LogP contribution in [0.5, 0.6) is 0 Å². The number of rotatable bonds is 5. The largest absolute Gasteiger partial charge is 0.369 e. The molecule has 130 valence electrons. The van der Waals surface area contributed by atoms with E-state index in [2.05, 4.69) is 14.1 Å². The number of fused-ring (bicyclic) bond motifs is 1. The smallest absolute Gasteiger partial charge is 0.261 e. The maximum absolute atomic E-state index is 12.5. The topological polar surface area (TPSA) is 74.7 Å². The van der Waals surface area contributed by atoms with Crippen molar-refractivity contribution in [3.63, 3.8) is 0 Å². The molecule has 9 heteroatoms. The van der Waals surface area contributed by atoms with Crippen LogP contribution in [0.25, 0.3) is 10.1 Å². The molecule has 1 heterocycles. The molecule has 25 heavy (non-hydrogen) atoms. The second-order valence-corrected chi connectivity index (χ2v) is 8.41. The van der Waals surface area contributed by atoms with E-state index < -0.39 is 10.0 Å². The third-order valence-electron chi connectivity index (χ3n) is 3.24. The van der Waals surface area contributed by atoms with Crippen LogP contribution >= 0.6 is 23.1 Å². The average Bonchev–Trinajstić information content (AvgIpc) is 2.95. The third-order valence-corrected chi connectivity index (χ3v) is 5.70. The summed E-state index contributed by atoms with van der Waals surface area (Å²) in [6, 6.07) is 11.3. The highest BCUT2D eigenvalue weighted by Crippen LogP contribution is 2.31. The van der Waals surface area contributed by atoms with Gasteiger partial charge in [-0.05, 0) is 54.0 Å². The van der Waals surface area contributed by atoms with Crippen LogP contribution in [-0.2, 0) is 10.0 Å². The first-order chi connectivity index (χ1) is 11.8. The van der Waals surface area contributed by atoms with Crippen molar-refractivity contribution in [3.8, 4) is 0 Å². The Balaban J connectivity index is 1.93. The van der Waals surface area contributed by atoms with Crippen molar-refractivity contribution < 1.29 is 8.42 Å². The van der Waals surface area contributed by atoms with Crippen LogP contribution in [0, 0.1) is 0 Å². The van der Waals surface area contributed by atoms with E-state index >= 15 is 0 Å². The van der Waals surface area contributed by atoms with Crippen molar-refractivity contribution in [2.45, 2.75) is 4.90 Å². The molecule has 3 rings (SSSR count). The molecule has 0 aliphatic rings. The lowest BCUT2D eigenvalue weighted by Crippen LogP contribution is -2.12. The van der Waals surface area contributed by atoms with E-state index in [1.165, 1.54) is 35.8 Å². The van der Waals surface area contributed by atoms with Gasteiger partial charge in [0, 0.05) is 30.2 Å². The molecule has 1 aromatic heterocycles.